The first kappa shape index (κ1) is 54.4. The number of nitrogens with zero attached hydrogens (tertiary/aromatic N) is 1. The highest BCUT2D eigenvalue weighted by Gasteiger charge is 2.03. The quantitative estimate of drug-likeness (QED) is 0.0838. The van der Waals surface area contributed by atoms with E-state index >= 15 is 0 Å². The third kappa shape index (κ3) is 67.1. The molecule has 0 unspecified atom stereocenters. The molecule has 0 bridgehead atoms. The van der Waals surface area contributed by atoms with E-state index in [1.165, 1.54) is 32.1 Å². The van der Waals surface area contributed by atoms with Crippen molar-refractivity contribution in [1.82, 2.24) is 16.0 Å². The van der Waals surface area contributed by atoms with E-state index in [9.17, 15) is 9.59 Å². The SMILES string of the molecule is CC(C)/C=C/C(=O)C(C)C.CC(C)CCC(C)C.CC(C)CCCC(C)C.CC(C)N=C(N)NC(C)C.CC(C)NC(=O)NC(C)C. The second-order valence-electron chi connectivity index (χ2n) is 16.1. The van der Waals surface area contributed by atoms with E-state index in [0.717, 1.165) is 23.7 Å². The first-order chi connectivity index (χ1) is 21.3. The Kier molecular flexibility index (Phi) is 40.8. The average molecular weight is 670 g/mol. The maximum Gasteiger partial charge on any atom is 0.315 e. The van der Waals surface area contributed by atoms with Crippen molar-refractivity contribution in [2.45, 2.75) is 195 Å². The number of nitrogens with one attached hydrogen (secondary N) is 3. The summed E-state index contributed by atoms with van der Waals surface area (Å²) in [6, 6.07) is 0.955. The maximum absolute atomic E-state index is 11.0. The number of allylic oxidation sites excluding steroid dienone is 2. The van der Waals surface area contributed by atoms with Crippen LogP contribution in [0.15, 0.2) is 17.1 Å². The number of urea groups is 1. The summed E-state index contributed by atoms with van der Waals surface area (Å²) in [5, 5.41) is 8.45. The number of hydrogen-bond acceptors (Lipinski definition) is 3. The second-order valence-corrected chi connectivity index (χ2v) is 16.1. The largest absolute Gasteiger partial charge is 0.370 e. The van der Waals surface area contributed by atoms with Crippen LogP contribution in [0.2, 0.25) is 0 Å². The van der Waals surface area contributed by atoms with Gasteiger partial charge in [0.1, 0.15) is 0 Å². The minimum Gasteiger partial charge on any atom is -0.370 e. The molecule has 0 aliphatic carbocycles. The summed E-state index contributed by atoms with van der Waals surface area (Å²) in [6.07, 6.45) is 10.6. The van der Waals surface area contributed by atoms with E-state index in [1.54, 1.807) is 6.08 Å². The molecule has 284 valence electrons. The molecule has 0 saturated carbocycles. The molecule has 0 aromatic heterocycles. The van der Waals surface area contributed by atoms with Gasteiger partial charge in [-0.15, -0.1) is 0 Å². The highest BCUT2D eigenvalue weighted by Crippen LogP contribution is 2.11. The van der Waals surface area contributed by atoms with Crippen LogP contribution in [0.4, 0.5) is 4.79 Å². The van der Waals surface area contributed by atoms with E-state index in [0.29, 0.717) is 17.9 Å². The van der Waals surface area contributed by atoms with Crippen LogP contribution in [0.3, 0.4) is 0 Å². The first-order valence-corrected chi connectivity index (χ1v) is 18.7. The lowest BCUT2D eigenvalue weighted by Crippen LogP contribution is -2.42. The van der Waals surface area contributed by atoms with Crippen molar-refractivity contribution < 1.29 is 9.59 Å². The summed E-state index contributed by atoms with van der Waals surface area (Å²) < 4.78 is 0. The molecule has 0 aliphatic heterocycles. The summed E-state index contributed by atoms with van der Waals surface area (Å²) in [5.74, 6) is 4.92. The van der Waals surface area contributed by atoms with Crippen LogP contribution in [0.25, 0.3) is 0 Å². The van der Waals surface area contributed by atoms with Crippen molar-refractivity contribution in [3.05, 3.63) is 12.2 Å². The van der Waals surface area contributed by atoms with Gasteiger partial charge in [-0.2, -0.15) is 0 Å². The number of ketones is 1. The third-order valence-corrected chi connectivity index (χ3v) is 5.77. The topological polar surface area (TPSA) is 109 Å². The number of amides is 2. The Morgan fingerprint density at radius 2 is 0.894 bits per heavy atom. The molecule has 0 heterocycles. The number of rotatable bonds is 14. The normalized spacial score (nSPS) is 11.5. The van der Waals surface area contributed by atoms with Crippen molar-refractivity contribution in [2.24, 2.45) is 46.2 Å². The fourth-order valence-electron chi connectivity index (χ4n) is 3.26. The average Bonchev–Trinajstić information content (AvgIpc) is 2.85. The van der Waals surface area contributed by atoms with Crippen LogP contribution in [-0.4, -0.2) is 41.9 Å². The maximum atomic E-state index is 11.0. The Hall–Kier alpha value is -2.05. The van der Waals surface area contributed by atoms with Gasteiger partial charge in [0, 0.05) is 30.1 Å². The molecular formula is C40H87N5O2. The van der Waals surface area contributed by atoms with E-state index in [2.05, 4.69) is 90.2 Å². The smallest absolute Gasteiger partial charge is 0.315 e. The highest BCUT2D eigenvalue weighted by atomic mass is 16.2. The zero-order valence-corrected chi connectivity index (χ0v) is 35.3. The van der Waals surface area contributed by atoms with Crippen LogP contribution in [0.1, 0.15) is 171 Å². The molecule has 0 rings (SSSR count). The summed E-state index contributed by atoms with van der Waals surface area (Å²) in [7, 11) is 0. The molecule has 7 nitrogen and oxygen atoms in total. The van der Waals surface area contributed by atoms with Crippen LogP contribution < -0.4 is 21.7 Å². The Bertz CT molecular complexity index is 722. The molecule has 0 saturated heterocycles. The summed E-state index contributed by atoms with van der Waals surface area (Å²) >= 11 is 0. The summed E-state index contributed by atoms with van der Waals surface area (Å²) in [5.41, 5.74) is 5.51. The summed E-state index contributed by atoms with van der Waals surface area (Å²) in [4.78, 5) is 25.9. The van der Waals surface area contributed by atoms with Gasteiger partial charge in [0.15, 0.2) is 11.7 Å². The van der Waals surface area contributed by atoms with Crippen LogP contribution in [-0.2, 0) is 4.79 Å². The number of carbonyl (C=O) groups excluding carboxylic acids is 2. The molecule has 5 N–H and O–H groups in total. The van der Waals surface area contributed by atoms with E-state index in [-0.39, 0.29) is 35.9 Å². The number of guanidine groups is 1. The van der Waals surface area contributed by atoms with Crippen molar-refractivity contribution >= 4 is 17.8 Å². The standard InChI is InChI=1S/C9H16O.C9H20.C8H18.C7H17N3.C7H16N2O/c1-7(2)5-6-9(10)8(3)4;1-8(2)6-5-7-9(3)4;1-7(2)5-6-8(3)4;1-5(2)9-7(8)10-6(3)4;1-5(2)8-7(10)9-6(3)4/h5-8H,1-4H3;8-9H,5-7H2,1-4H3;7-8H,5-6H2,1-4H3;5-6H,1-4H3,(H3,8,9,10);5-6H,1-4H3,(H2,8,9,10)/b6-5+;;;;. The molecular weight excluding hydrogens is 582 g/mol. The van der Waals surface area contributed by atoms with Gasteiger partial charge in [-0.05, 0) is 91.1 Å². The Morgan fingerprint density at radius 3 is 1.13 bits per heavy atom. The zero-order chi connectivity index (χ0) is 38.3. The molecule has 0 aromatic carbocycles. The molecule has 7 heteroatoms. The Morgan fingerprint density at radius 1 is 0.553 bits per heavy atom. The fraction of sp³-hybridized carbons (Fsp3) is 0.875. The van der Waals surface area contributed by atoms with E-state index < -0.39 is 0 Å². The van der Waals surface area contributed by atoms with Gasteiger partial charge in [0.2, 0.25) is 0 Å². The predicted molar refractivity (Wildman–Crippen MR) is 213 cm³/mol. The molecule has 0 radical (unpaired) electrons. The molecule has 0 atom stereocenters. The molecule has 0 spiro atoms. The van der Waals surface area contributed by atoms with Crippen molar-refractivity contribution in [3.8, 4) is 0 Å². The van der Waals surface area contributed by atoms with Crippen LogP contribution in [0, 0.1) is 35.5 Å². The molecule has 47 heavy (non-hydrogen) atoms. The highest BCUT2D eigenvalue weighted by molar-refractivity contribution is 5.91. The van der Waals surface area contributed by atoms with Gasteiger partial charge in [-0.1, -0.05) is 121 Å². The van der Waals surface area contributed by atoms with Gasteiger partial charge >= 0.3 is 6.03 Å². The van der Waals surface area contributed by atoms with Crippen LogP contribution in [0.5, 0.6) is 0 Å². The number of hydrogen-bond donors (Lipinski definition) is 4. The van der Waals surface area contributed by atoms with Gasteiger partial charge in [-0.25, -0.2) is 4.79 Å². The van der Waals surface area contributed by atoms with E-state index in [4.69, 9.17) is 5.73 Å². The van der Waals surface area contributed by atoms with Crippen LogP contribution >= 0.6 is 0 Å². The predicted octanol–water partition coefficient (Wildman–Crippen LogP) is 10.8. The number of nitrogens with two attached hydrogens (primary N) is 1. The first-order valence-electron chi connectivity index (χ1n) is 18.7. The third-order valence-electron chi connectivity index (χ3n) is 5.77. The summed E-state index contributed by atoms with van der Waals surface area (Å²) in [6.45, 7) is 42.0. The molecule has 0 aromatic rings. The zero-order valence-electron chi connectivity index (χ0n) is 35.3. The van der Waals surface area contributed by atoms with Crippen molar-refractivity contribution in [3.63, 3.8) is 0 Å². The molecule has 2 amide bonds. The van der Waals surface area contributed by atoms with Gasteiger partial charge in [-0.3, -0.25) is 9.79 Å². The van der Waals surface area contributed by atoms with Crippen molar-refractivity contribution in [2.75, 3.05) is 0 Å². The Labute approximate surface area is 296 Å². The molecule has 0 fully saturated rings. The number of aliphatic imine (C=N–C) groups is 1. The Balaban J connectivity index is -0.000000157. The lowest BCUT2D eigenvalue weighted by Gasteiger charge is -2.11. The van der Waals surface area contributed by atoms with E-state index in [1.807, 2.05) is 75.3 Å². The monoisotopic (exact) mass is 670 g/mol. The number of carbonyl (C=O) groups is 2. The van der Waals surface area contributed by atoms with Crippen molar-refractivity contribution in [1.29, 1.82) is 0 Å². The lowest BCUT2D eigenvalue weighted by molar-refractivity contribution is -0.117. The van der Waals surface area contributed by atoms with Gasteiger partial charge in [0.05, 0.1) is 0 Å². The fourth-order valence-corrected chi connectivity index (χ4v) is 3.26. The molecule has 0 aliphatic rings. The lowest BCUT2D eigenvalue weighted by atomic mass is 10.0. The second kappa shape index (κ2) is 35.3. The van der Waals surface area contributed by atoms with Gasteiger partial charge in [0.25, 0.3) is 0 Å². The van der Waals surface area contributed by atoms with Gasteiger partial charge < -0.3 is 21.7 Å². The minimum absolute atomic E-state index is 0.0926. The minimum atomic E-state index is -0.0926.